The van der Waals surface area contributed by atoms with Crippen molar-refractivity contribution in [2.24, 2.45) is 0 Å². The Morgan fingerprint density at radius 2 is 1.97 bits per heavy atom. The number of benzene rings is 2. The van der Waals surface area contributed by atoms with Crippen LogP contribution in [0.15, 0.2) is 71.9 Å². The summed E-state index contributed by atoms with van der Waals surface area (Å²) in [5, 5.41) is 2.95. The highest BCUT2D eigenvalue weighted by Gasteiger charge is 2.12. The Labute approximate surface area is 181 Å². The van der Waals surface area contributed by atoms with Gasteiger partial charge in [-0.1, -0.05) is 19.4 Å². The molecule has 0 unspecified atom stereocenters. The van der Waals surface area contributed by atoms with E-state index in [9.17, 15) is 4.79 Å². The van der Waals surface area contributed by atoms with E-state index in [0.717, 1.165) is 29.1 Å². The van der Waals surface area contributed by atoms with Crippen LogP contribution in [0.4, 0.5) is 5.69 Å². The molecule has 5 nitrogen and oxygen atoms in total. The molecule has 30 heavy (non-hydrogen) atoms. The van der Waals surface area contributed by atoms with E-state index >= 15 is 0 Å². The van der Waals surface area contributed by atoms with Crippen molar-refractivity contribution < 1.29 is 14.3 Å². The van der Waals surface area contributed by atoms with E-state index in [0.29, 0.717) is 29.4 Å². The zero-order valence-electron chi connectivity index (χ0n) is 17.3. The average Bonchev–Trinajstić information content (AvgIpc) is 2.79. The van der Waals surface area contributed by atoms with E-state index in [-0.39, 0.29) is 5.91 Å². The molecule has 1 aromatic heterocycles. The lowest BCUT2D eigenvalue weighted by Gasteiger charge is -2.14. The Bertz CT molecular complexity index is 946. The molecule has 2 aromatic carbocycles. The molecule has 3 rings (SSSR count). The zero-order chi connectivity index (χ0) is 21.2. The maximum absolute atomic E-state index is 12.8. The molecule has 0 bridgehead atoms. The predicted molar refractivity (Wildman–Crippen MR) is 122 cm³/mol. The van der Waals surface area contributed by atoms with E-state index in [4.69, 9.17) is 9.47 Å². The minimum atomic E-state index is -0.188. The number of amides is 1. The van der Waals surface area contributed by atoms with Crippen molar-refractivity contribution in [3.05, 3.63) is 78.1 Å². The molecule has 0 atom stereocenters. The van der Waals surface area contributed by atoms with Gasteiger partial charge in [0.05, 0.1) is 19.4 Å². The van der Waals surface area contributed by atoms with Crippen LogP contribution in [-0.2, 0) is 5.75 Å². The summed E-state index contributed by atoms with van der Waals surface area (Å²) in [6.07, 6.45) is 5.63. The molecule has 0 spiro atoms. The van der Waals surface area contributed by atoms with Gasteiger partial charge in [0.15, 0.2) is 0 Å². The Kier molecular flexibility index (Phi) is 8.15. The Hall–Kier alpha value is -2.99. The number of hydrogen-bond donors (Lipinski definition) is 1. The summed E-state index contributed by atoms with van der Waals surface area (Å²) in [6.45, 7) is 2.72. The average molecular weight is 423 g/mol. The van der Waals surface area contributed by atoms with Crippen molar-refractivity contribution in [2.75, 3.05) is 19.0 Å². The highest BCUT2D eigenvalue weighted by atomic mass is 32.2. The maximum atomic E-state index is 12.8. The molecule has 0 radical (unpaired) electrons. The molecule has 3 aromatic rings. The largest absolute Gasteiger partial charge is 0.497 e. The first-order chi connectivity index (χ1) is 14.7. The third-order valence-electron chi connectivity index (χ3n) is 4.44. The molecular weight excluding hydrogens is 396 g/mol. The first-order valence-electron chi connectivity index (χ1n) is 9.93. The predicted octanol–water partition coefficient (Wildman–Crippen LogP) is 5.81. The fourth-order valence-electron chi connectivity index (χ4n) is 2.73. The van der Waals surface area contributed by atoms with Gasteiger partial charge in [-0.2, -0.15) is 0 Å². The molecule has 0 saturated carbocycles. The van der Waals surface area contributed by atoms with Crippen LogP contribution in [0.25, 0.3) is 0 Å². The smallest absolute Gasteiger partial charge is 0.255 e. The molecule has 0 aliphatic rings. The van der Waals surface area contributed by atoms with Gasteiger partial charge in [0.2, 0.25) is 0 Å². The van der Waals surface area contributed by atoms with Crippen LogP contribution in [0.3, 0.4) is 0 Å². The normalized spacial score (nSPS) is 10.5. The van der Waals surface area contributed by atoms with Gasteiger partial charge in [-0.05, 0) is 54.4 Å². The molecular formula is C24H26N2O3S. The van der Waals surface area contributed by atoms with E-state index in [1.54, 1.807) is 31.1 Å². The summed E-state index contributed by atoms with van der Waals surface area (Å²) < 4.78 is 11.1. The highest BCUT2D eigenvalue weighted by Crippen LogP contribution is 2.30. The Morgan fingerprint density at radius 3 is 2.67 bits per heavy atom. The fourth-order valence-corrected chi connectivity index (χ4v) is 3.57. The highest BCUT2D eigenvalue weighted by molar-refractivity contribution is 7.98. The van der Waals surface area contributed by atoms with Crippen LogP contribution in [0.2, 0.25) is 0 Å². The number of unbranched alkanes of at least 4 members (excludes halogenated alkanes) is 1. The van der Waals surface area contributed by atoms with Crippen molar-refractivity contribution in [1.29, 1.82) is 0 Å². The number of aromatic nitrogens is 1. The lowest BCUT2D eigenvalue weighted by atomic mass is 10.2. The lowest BCUT2D eigenvalue weighted by Crippen LogP contribution is -2.13. The first kappa shape index (κ1) is 21.7. The van der Waals surface area contributed by atoms with Crippen molar-refractivity contribution in [2.45, 2.75) is 30.4 Å². The topological polar surface area (TPSA) is 60.5 Å². The molecule has 0 fully saturated rings. The summed E-state index contributed by atoms with van der Waals surface area (Å²) in [5.41, 5.74) is 2.35. The first-order valence-corrected chi connectivity index (χ1v) is 10.9. The number of nitrogens with one attached hydrogen (secondary N) is 1. The molecule has 0 aliphatic heterocycles. The number of hydrogen-bond acceptors (Lipinski definition) is 5. The second kappa shape index (κ2) is 11.3. The van der Waals surface area contributed by atoms with E-state index in [2.05, 4.69) is 23.3 Å². The minimum absolute atomic E-state index is 0.188. The summed E-state index contributed by atoms with van der Waals surface area (Å²) in [6, 6.07) is 17.0. The standard InChI is InChI=1S/C24H26N2O3S/c1-3-4-14-29-23-12-9-20(28-2)15-22(23)26-24(27)19-7-10-21(11-8-19)30-17-18-6-5-13-25-16-18/h5-13,15-16H,3-4,14,17H2,1-2H3,(H,26,27). The monoisotopic (exact) mass is 422 g/mol. The van der Waals surface area contributed by atoms with Crippen LogP contribution < -0.4 is 14.8 Å². The molecule has 1 N–H and O–H groups in total. The van der Waals surface area contributed by atoms with Crippen LogP contribution in [0.5, 0.6) is 11.5 Å². The Morgan fingerprint density at radius 1 is 1.13 bits per heavy atom. The van der Waals surface area contributed by atoms with Crippen LogP contribution in [0, 0.1) is 0 Å². The van der Waals surface area contributed by atoms with E-state index in [1.807, 2.05) is 48.7 Å². The number of anilines is 1. The third-order valence-corrected chi connectivity index (χ3v) is 5.52. The van der Waals surface area contributed by atoms with Gasteiger partial charge in [-0.3, -0.25) is 9.78 Å². The second-order valence-electron chi connectivity index (χ2n) is 6.69. The van der Waals surface area contributed by atoms with Crippen molar-refractivity contribution in [1.82, 2.24) is 4.98 Å². The lowest BCUT2D eigenvalue weighted by molar-refractivity contribution is 0.102. The minimum Gasteiger partial charge on any atom is -0.497 e. The SMILES string of the molecule is CCCCOc1ccc(OC)cc1NC(=O)c1ccc(SCc2cccnc2)cc1. The number of carbonyl (C=O) groups is 1. The number of carbonyl (C=O) groups excluding carboxylic acids is 1. The van der Waals surface area contributed by atoms with Crippen LogP contribution in [-0.4, -0.2) is 24.6 Å². The molecule has 6 heteroatoms. The number of nitrogens with zero attached hydrogens (tertiary/aromatic N) is 1. The molecule has 0 aliphatic carbocycles. The van der Waals surface area contributed by atoms with Gasteiger partial charge >= 0.3 is 0 Å². The summed E-state index contributed by atoms with van der Waals surface area (Å²) >= 11 is 1.71. The Balaban J connectivity index is 1.65. The summed E-state index contributed by atoms with van der Waals surface area (Å²) in [4.78, 5) is 18.0. The summed E-state index contributed by atoms with van der Waals surface area (Å²) in [5.74, 6) is 1.95. The number of thioether (sulfide) groups is 1. The molecule has 156 valence electrons. The molecule has 1 amide bonds. The second-order valence-corrected chi connectivity index (χ2v) is 7.74. The van der Waals surface area contributed by atoms with Gasteiger partial charge in [0.1, 0.15) is 11.5 Å². The zero-order valence-corrected chi connectivity index (χ0v) is 18.1. The fraction of sp³-hybridized carbons (Fsp3) is 0.250. The van der Waals surface area contributed by atoms with Gasteiger partial charge in [-0.15, -0.1) is 11.8 Å². The maximum Gasteiger partial charge on any atom is 0.255 e. The van der Waals surface area contributed by atoms with Gasteiger partial charge in [-0.25, -0.2) is 0 Å². The van der Waals surface area contributed by atoms with Crippen LogP contribution in [0.1, 0.15) is 35.7 Å². The quantitative estimate of drug-likeness (QED) is 0.330. The number of pyridine rings is 1. The third kappa shape index (κ3) is 6.26. The molecule has 0 saturated heterocycles. The van der Waals surface area contributed by atoms with E-state index < -0.39 is 0 Å². The van der Waals surface area contributed by atoms with Gasteiger partial charge in [0.25, 0.3) is 5.91 Å². The number of ether oxygens (including phenoxy) is 2. The van der Waals surface area contributed by atoms with Crippen molar-refractivity contribution in [3.8, 4) is 11.5 Å². The van der Waals surface area contributed by atoms with Crippen LogP contribution >= 0.6 is 11.8 Å². The summed E-state index contributed by atoms with van der Waals surface area (Å²) in [7, 11) is 1.60. The number of rotatable bonds is 10. The van der Waals surface area contributed by atoms with Gasteiger partial charge in [0, 0.05) is 34.7 Å². The number of methoxy groups -OCH3 is 1. The molecule has 1 heterocycles. The van der Waals surface area contributed by atoms with E-state index in [1.165, 1.54) is 0 Å². The van der Waals surface area contributed by atoms with Crippen molar-refractivity contribution in [3.63, 3.8) is 0 Å². The van der Waals surface area contributed by atoms with Crippen molar-refractivity contribution >= 4 is 23.4 Å². The van der Waals surface area contributed by atoms with Gasteiger partial charge < -0.3 is 14.8 Å².